The Morgan fingerprint density at radius 3 is 2.41 bits per heavy atom. The van der Waals surface area contributed by atoms with Gasteiger partial charge >= 0.3 is 0 Å². The van der Waals surface area contributed by atoms with Gasteiger partial charge in [0.25, 0.3) is 5.91 Å². The molecule has 0 aliphatic rings. The van der Waals surface area contributed by atoms with E-state index in [-0.39, 0.29) is 11.9 Å². The SMILES string of the molecule is COc1ccc(C(=O)NC(C)c2nc3ccccc3n2CCCCOc2ccc(C)cc2)cc1. The zero-order valence-corrected chi connectivity index (χ0v) is 20.0. The molecule has 6 heteroatoms. The fourth-order valence-electron chi connectivity index (χ4n) is 3.94. The summed E-state index contributed by atoms with van der Waals surface area (Å²) >= 11 is 0. The number of rotatable bonds is 10. The van der Waals surface area contributed by atoms with Gasteiger partial charge in [0.05, 0.1) is 30.8 Å². The van der Waals surface area contributed by atoms with Gasteiger partial charge in [-0.05, 0) is 75.2 Å². The van der Waals surface area contributed by atoms with E-state index >= 15 is 0 Å². The van der Waals surface area contributed by atoms with Crippen molar-refractivity contribution in [3.8, 4) is 11.5 Å². The number of aryl methyl sites for hydroxylation is 2. The fraction of sp³-hybridized carbons (Fsp3) is 0.286. The summed E-state index contributed by atoms with van der Waals surface area (Å²) in [6.45, 7) is 5.50. The number of fused-ring (bicyclic) bond motifs is 1. The molecule has 1 unspecified atom stereocenters. The van der Waals surface area contributed by atoms with Crippen LogP contribution in [0.1, 0.15) is 47.6 Å². The highest BCUT2D eigenvalue weighted by Gasteiger charge is 2.19. The molecule has 1 atom stereocenters. The lowest BCUT2D eigenvalue weighted by Gasteiger charge is -2.17. The first kappa shape index (κ1) is 23.4. The van der Waals surface area contributed by atoms with Crippen LogP contribution in [-0.4, -0.2) is 29.2 Å². The molecule has 4 rings (SSSR count). The predicted molar refractivity (Wildman–Crippen MR) is 135 cm³/mol. The van der Waals surface area contributed by atoms with Gasteiger partial charge < -0.3 is 19.4 Å². The molecule has 6 nitrogen and oxygen atoms in total. The van der Waals surface area contributed by atoms with Gasteiger partial charge in [-0.1, -0.05) is 29.8 Å². The normalized spacial score (nSPS) is 11.9. The molecule has 0 aliphatic carbocycles. The minimum Gasteiger partial charge on any atom is -0.497 e. The maximum absolute atomic E-state index is 12.8. The van der Waals surface area contributed by atoms with Crippen molar-refractivity contribution in [1.29, 1.82) is 0 Å². The summed E-state index contributed by atoms with van der Waals surface area (Å²) in [5.41, 5.74) is 3.81. The van der Waals surface area contributed by atoms with E-state index in [0.29, 0.717) is 12.2 Å². The minimum atomic E-state index is -0.245. The van der Waals surface area contributed by atoms with Crippen molar-refractivity contribution in [1.82, 2.24) is 14.9 Å². The van der Waals surface area contributed by atoms with Crippen molar-refractivity contribution in [2.75, 3.05) is 13.7 Å². The smallest absolute Gasteiger partial charge is 0.251 e. The maximum atomic E-state index is 12.8. The van der Waals surface area contributed by atoms with Crippen LogP contribution in [-0.2, 0) is 6.54 Å². The van der Waals surface area contributed by atoms with Crippen LogP contribution >= 0.6 is 0 Å². The molecule has 0 saturated heterocycles. The Morgan fingerprint density at radius 1 is 0.971 bits per heavy atom. The fourth-order valence-corrected chi connectivity index (χ4v) is 3.94. The molecule has 3 aromatic carbocycles. The molecule has 34 heavy (non-hydrogen) atoms. The molecule has 0 bridgehead atoms. The van der Waals surface area contributed by atoms with Crippen LogP contribution in [0.15, 0.2) is 72.8 Å². The number of para-hydroxylation sites is 2. The highest BCUT2D eigenvalue weighted by atomic mass is 16.5. The highest BCUT2D eigenvalue weighted by Crippen LogP contribution is 2.22. The first-order valence-corrected chi connectivity index (χ1v) is 11.6. The second-order valence-electron chi connectivity index (χ2n) is 8.40. The summed E-state index contributed by atoms with van der Waals surface area (Å²) in [6.07, 6.45) is 1.87. The average molecular weight is 458 g/mol. The molecule has 1 amide bonds. The van der Waals surface area contributed by atoms with E-state index in [0.717, 1.165) is 47.7 Å². The number of aromatic nitrogens is 2. The van der Waals surface area contributed by atoms with Crippen LogP contribution in [0.5, 0.6) is 11.5 Å². The third kappa shape index (κ3) is 5.57. The number of methoxy groups -OCH3 is 1. The van der Waals surface area contributed by atoms with Crippen molar-refractivity contribution < 1.29 is 14.3 Å². The van der Waals surface area contributed by atoms with E-state index in [9.17, 15) is 4.79 Å². The Hall–Kier alpha value is -3.80. The highest BCUT2D eigenvalue weighted by molar-refractivity contribution is 5.94. The minimum absolute atomic E-state index is 0.139. The zero-order valence-electron chi connectivity index (χ0n) is 20.0. The molecule has 0 aliphatic heterocycles. The Morgan fingerprint density at radius 2 is 1.68 bits per heavy atom. The maximum Gasteiger partial charge on any atom is 0.251 e. The monoisotopic (exact) mass is 457 g/mol. The van der Waals surface area contributed by atoms with Gasteiger partial charge in [0.2, 0.25) is 0 Å². The third-order valence-electron chi connectivity index (χ3n) is 5.84. The first-order chi connectivity index (χ1) is 16.5. The molecule has 1 aromatic heterocycles. The number of hydrogen-bond acceptors (Lipinski definition) is 4. The molecule has 1 N–H and O–H groups in total. The summed E-state index contributed by atoms with van der Waals surface area (Å²) in [4.78, 5) is 17.6. The third-order valence-corrected chi connectivity index (χ3v) is 5.84. The molecule has 0 spiro atoms. The van der Waals surface area contributed by atoms with Crippen LogP contribution in [0.2, 0.25) is 0 Å². The van der Waals surface area contributed by atoms with Gasteiger partial charge in [-0.25, -0.2) is 4.98 Å². The van der Waals surface area contributed by atoms with Crippen LogP contribution in [0.3, 0.4) is 0 Å². The second-order valence-corrected chi connectivity index (χ2v) is 8.40. The zero-order chi connectivity index (χ0) is 23.9. The number of nitrogens with zero attached hydrogens (tertiary/aromatic N) is 2. The van der Waals surface area contributed by atoms with Crippen molar-refractivity contribution in [2.45, 2.75) is 39.3 Å². The lowest BCUT2D eigenvalue weighted by Crippen LogP contribution is -2.28. The van der Waals surface area contributed by atoms with E-state index < -0.39 is 0 Å². The second kappa shape index (κ2) is 10.9. The van der Waals surface area contributed by atoms with Crippen LogP contribution in [0.25, 0.3) is 11.0 Å². The summed E-state index contributed by atoms with van der Waals surface area (Å²) in [6, 6.07) is 23.1. The Kier molecular flexibility index (Phi) is 7.48. The van der Waals surface area contributed by atoms with E-state index in [1.165, 1.54) is 5.56 Å². The summed E-state index contributed by atoms with van der Waals surface area (Å²) < 4.78 is 13.3. The molecular formula is C28H31N3O3. The van der Waals surface area contributed by atoms with Gasteiger partial charge in [-0.2, -0.15) is 0 Å². The van der Waals surface area contributed by atoms with Gasteiger partial charge in [-0.3, -0.25) is 4.79 Å². The van der Waals surface area contributed by atoms with Crippen molar-refractivity contribution >= 4 is 16.9 Å². The molecule has 0 radical (unpaired) electrons. The molecule has 1 heterocycles. The number of ether oxygens (including phenoxy) is 2. The van der Waals surface area contributed by atoms with E-state index in [2.05, 4.69) is 35.0 Å². The Balaban J connectivity index is 1.41. The Bertz CT molecular complexity index is 1230. The van der Waals surface area contributed by atoms with Crippen molar-refractivity contribution in [3.63, 3.8) is 0 Å². The predicted octanol–water partition coefficient (Wildman–Crippen LogP) is 5.70. The number of benzene rings is 3. The van der Waals surface area contributed by atoms with Crippen molar-refractivity contribution in [3.05, 3.63) is 89.7 Å². The number of nitrogens with one attached hydrogen (secondary N) is 1. The van der Waals surface area contributed by atoms with E-state index in [4.69, 9.17) is 14.5 Å². The van der Waals surface area contributed by atoms with Crippen molar-refractivity contribution in [2.24, 2.45) is 0 Å². The number of unbranched alkanes of at least 4 members (excludes halogenated alkanes) is 1. The average Bonchev–Trinajstić information content (AvgIpc) is 3.24. The summed E-state index contributed by atoms with van der Waals surface area (Å²) in [5.74, 6) is 2.33. The van der Waals surface area contributed by atoms with Crippen LogP contribution < -0.4 is 14.8 Å². The molecule has 0 fully saturated rings. The van der Waals surface area contributed by atoms with Gasteiger partial charge in [-0.15, -0.1) is 0 Å². The van der Waals surface area contributed by atoms with E-state index in [1.807, 2.05) is 37.3 Å². The van der Waals surface area contributed by atoms with Gasteiger partial charge in [0.15, 0.2) is 0 Å². The largest absolute Gasteiger partial charge is 0.497 e. The summed E-state index contributed by atoms with van der Waals surface area (Å²) in [5, 5.41) is 3.09. The topological polar surface area (TPSA) is 65.4 Å². The van der Waals surface area contributed by atoms with E-state index in [1.54, 1.807) is 31.4 Å². The number of amides is 1. The number of carbonyl (C=O) groups is 1. The van der Waals surface area contributed by atoms with Crippen LogP contribution in [0, 0.1) is 6.92 Å². The standard InChI is InChI=1S/C28H31N3O3/c1-20-10-14-24(15-11-20)34-19-7-6-18-31-26-9-5-4-8-25(26)30-27(31)21(2)29-28(32)22-12-16-23(33-3)17-13-22/h4-5,8-17,21H,6-7,18-19H2,1-3H3,(H,29,32). The number of carbonyl (C=O) groups excluding carboxylic acids is 1. The molecular weight excluding hydrogens is 426 g/mol. The van der Waals surface area contributed by atoms with Crippen LogP contribution in [0.4, 0.5) is 0 Å². The Labute approximate surface area is 200 Å². The lowest BCUT2D eigenvalue weighted by molar-refractivity contribution is 0.0937. The summed E-state index contributed by atoms with van der Waals surface area (Å²) in [7, 11) is 1.61. The van der Waals surface area contributed by atoms with Gasteiger partial charge in [0, 0.05) is 12.1 Å². The molecule has 4 aromatic rings. The van der Waals surface area contributed by atoms with Gasteiger partial charge in [0.1, 0.15) is 17.3 Å². The first-order valence-electron chi connectivity index (χ1n) is 11.6. The molecule has 176 valence electrons. The lowest BCUT2D eigenvalue weighted by atomic mass is 10.2. The number of imidazole rings is 1. The number of hydrogen-bond donors (Lipinski definition) is 1. The molecule has 0 saturated carbocycles. The quantitative estimate of drug-likeness (QED) is 0.310.